The van der Waals surface area contributed by atoms with Crippen LogP contribution in [-0.2, 0) is 10.0 Å². The summed E-state index contributed by atoms with van der Waals surface area (Å²) in [6.07, 6.45) is 1.59. The maximum atomic E-state index is 13.0. The largest absolute Gasteiger partial charge is 0.508 e. The van der Waals surface area contributed by atoms with Crippen molar-refractivity contribution in [1.29, 1.82) is 0 Å². The van der Waals surface area contributed by atoms with Gasteiger partial charge in [0.25, 0.3) is 5.69 Å². The van der Waals surface area contributed by atoms with Crippen LogP contribution in [0.15, 0.2) is 47.4 Å². The van der Waals surface area contributed by atoms with Crippen LogP contribution in [0.3, 0.4) is 0 Å². The number of phenolic OH excluding ortho intramolecular Hbond substituents is 1. The molecule has 0 spiro atoms. The number of piperidine rings is 1. The van der Waals surface area contributed by atoms with Crippen LogP contribution in [0.1, 0.15) is 19.8 Å². The van der Waals surface area contributed by atoms with Crippen molar-refractivity contribution in [3.63, 3.8) is 0 Å². The van der Waals surface area contributed by atoms with Gasteiger partial charge in [0, 0.05) is 51.0 Å². The van der Waals surface area contributed by atoms with E-state index in [4.69, 9.17) is 0 Å². The molecule has 0 aliphatic carbocycles. The van der Waals surface area contributed by atoms with E-state index in [2.05, 4.69) is 11.8 Å². The number of aromatic hydroxyl groups is 1. The average molecular weight is 461 g/mol. The molecular weight excluding hydrogens is 432 g/mol. The molecule has 4 rings (SSSR count). The summed E-state index contributed by atoms with van der Waals surface area (Å²) >= 11 is 0. The van der Waals surface area contributed by atoms with E-state index in [1.165, 1.54) is 16.4 Å². The van der Waals surface area contributed by atoms with Gasteiger partial charge in [0.15, 0.2) is 0 Å². The molecule has 2 aliphatic heterocycles. The van der Waals surface area contributed by atoms with Crippen LogP contribution >= 0.6 is 0 Å². The van der Waals surface area contributed by atoms with E-state index >= 15 is 0 Å². The number of sulfonamides is 1. The van der Waals surface area contributed by atoms with Crippen LogP contribution < -0.4 is 9.80 Å². The zero-order valence-corrected chi connectivity index (χ0v) is 18.9. The molecule has 0 radical (unpaired) electrons. The monoisotopic (exact) mass is 460 g/mol. The average Bonchev–Trinajstić information content (AvgIpc) is 2.79. The van der Waals surface area contributed by atoms with Crippen LogP contribution in [-0.4, -0.2) is 62.0 Å². The summed E-state index contributed by atoms with van der Waals surface area (Å²) in [7, 11) is -3.76. The predicted molar refractivity (Wildman–Crippen MR) is 123 cm³/mol. The lowest BCUT2D eigenvalue weighted by molar-refractivity contribution is -0.384. The molecule has 0 saturated carbocycles. The highest BCUT2D eigenvalue weighted by Gasteiger charge is 2.31. The van der Waals surface area contributed by atoms with Gasteiger partial charge < -0.3 is 14.9 Å². The van der Waals surface area contributed by atoms with Crippen molar-refractivity contribution >= 4 is 27.1 Å². The second kappa shape index (κ2) is 8.95. The lowest BCUT2D eigenvalue weighted by Gasteiger charge is -2.37. The van der Waals surface area contributed by atoms with Gasteiger partial charge in [0.05, 0.1) is 9.82 Å². The molecule has 9 nitrogen and oxygen atoms in total. The summed E-state index contributed by atoms with van der Waals surface area (Å²) < 4.78 is 27.5. The summed E-state index contributed by atoms with van der Waals surface area (Å²) in [6, 6.07) is 11.2. The molecule has 0 atom stereocenters. The van der Waals surface area contributed by atoms with E-state index in [9.17, 15) is 23.6 Å². The minimum Gasteiger partial charge on any atom is -0.508 e. The highest BCUT2D eigenvalue weighted by Crippen LogP contribution is 2.34. The van der Waals surface area contributed by atoms with Gasteiger partial charge in [-0.2, -0.15) is 4.31 Å². The topological polar surface area (TPSA) is 107 Å². The number of phenols is 1. The van der Waals surface area contributed by atoms with E-state index in [-0.39, 0.29) is 16.3 Å². The first kappa shape index (κ1) is 22.3. The number of hydrogen-bond acceptors (Lipinski definition) is 7. The van der Waals surface area contributed by atoms with E-state index in [0.29, 0.717) is 50.9 Å². The van der Waals surface area contributed by atoms with Crippen LogP contribution in [0.5, 0.6) is 5.75 Å². The summed E-state index contributed by atoms with van der Waals surface area (Å²) in [4.78, 5) is 15.4. The molecule has 32 heavy (non-hydrogen) atoms. The zero-order valence-electron chi connectivity index (χ0n) is 18.1. The highest BCUT2D eigenvalue weighted by atomic mass is 32.2. The van der Waals surface area contributed by atoms with Gasteiger partial charge in [-0.05, 0) is 55.2 Å². The minimum absolute atomic E-state index is 0.0229. The quantitative estimate of drug-likeness (QED) is 0.540. The van der Waals surface area contributed by atoms with Gasteiger partial charge >= 0.3 is 0 Å². The van der Waals surface area contributed by atoms with Crippen molar-refractivity contribution < 1.29 is 18.4 Å². The van der Waals surface area contributed by atoms with Crippen molar-refractivity contribution in [2.75, 3.05) is 49.1 Å². The second-order valence-corrected chi connectivity index (χ2v) is 10.4. The number of benzene rings is 2. The van der Waals surface area contributed by atoms with Gasteiger partial charge in [0.2, 0.25) is 10.0 Å². The van der Waals surface area contributed by atoms with Crippen molar-refractivity contribution in [2.45, 2.75) is 24.7 Å². The van der Waals surface area contributed by atoms with E-state index < -0.39 is 14.9 Å². The van der Waals surface area contributed by atoms with Gasteiger partial charge in [0.1, 0.15) is 11.4 Å². The fourth-order valence-corrected chi connectivity index (χ4v) is 5.81. The first-order valence-corrected chi connectivity index (χ1v) is 12.3. The fraction of sp³-hybridized carbons (Fsp3) is 0.455. The van der Waals surface area contributed by atoms with Gasteiger partial charge in [-0.25, -0.2) is 8.42 Å². The number of nitro groups is 1. The number of anilines is 2. The van der Waals surface area contributed by atoms with E-state index in [1.807, 2.05) is 17.0 Å². The lowest BCUT2D eigenvalue weighted by Crippen LogP contribution is -2.46. The van der Waals surface area contributed by atoms with Crippen molar-refractivity contribution in [1.82, 2.24) is 4.31 Å². The second-order valence-electron chi connectivity index (χ2n) is 8.48. The molecular formula is C22H28N4O5S. The van der Waals surface area contributed by atoms with Crippen molar-refractivity contribution in [2.24, 2.45) is 5.92 Å². The van der Waals surface area contributed by atoms with Crippen molar-refractivity contribution in [3.05, 3.63) is 52.6 Å². The smallest absolute Gasteiger partial charge is 0.293 e. The molecule has 0 amide bonds. The van der Waals surface area contributed by atoms with E-state index in [1.54, 1.807) is 18.2 Å². The molecule has 0 unspecified atom stereocenters. The van der Waals surface area contributed by atoms with Gasteiger partial charge in [-0.3, -0.25) is 10.1 Å². The Morgan fingerprint density at radius 1 is 0.938 bits per heavy atom. The third-order valence-electron chi connectivity index (χ3n) is 6.36. The number of nitrogens with zero attached hydrogens (tertiary/aromatic N) is 4. The molecule has 2 aromatic carbocycles. The normalized spacial score (nSPS) is 18.7. The first-order chi connectivity index (χ1) is 15.3. The van der Waals surface area contributed by atoms with Crippen LogP contribution in [0.2, 0.25) is 0 Å². The number of nitro benzene ring substituents is 1. The Kier molecular flexibility index (Phi) is 6.25. The molecule has 0 aromatic heterocycles. The molecule has 172 valence electrons. The maximum Gasteiger partial charge on any atom is 0.293 e. The number of piperazine rings is 1. The Morgan fingerprint density at radius 2 is 1.53 bits per heavy atom. The van der Waals surface area contributed by atoms with E-state index in [0.717, 1.165) is 18.5 Å². The molecule has 2 fully saturated rings. The number of hydrogen-bond donors (Lipinski definition) is 1. The molecule has 2 saturated heterocycles. The van der Waals surface area contributed by atoms with Crippen LogP contribution in [0.25, 0.3) is 0 Å². The molecule has 10 heteroatoms. The van der Waals surface area contributed by atoms with Crippen molar-refractivity contribution in [3.8, 4) is 5.75 Å². The summed E-state index contributed by atoms with van der Waals surface area (Å²) in [5.74, 6) is 0.690. The first-order valence-electron chi connectivity index (χ1n) is 10.8. The lowest BCUT2D eigenvalue weighted by atomic mass is 10.0. The highest BCUT2D eigenvalue weighted by molar-refractivity contribution is 7.89. The summed E-state index contributed by atoms with van der Waals surface area (Å²) in [5, 5.41) is 21.3. The summed E-state index contributed by atoms with van der Waals surface area (Å²) in [5.41, 5.74) is 1.23. The Bertz CT molecular complexity index is 1070. The fourth-order valence-electron chi connectivity index (χ4n) is 4.32. The Balaban J connectivity index is 1.53. The Morgan fingerprint density at radius 3 is 2.12 bits per heavy atom. The SMILES string of the molecule is CC1CCN(S(=O)(=O)c2ccc(N3CCN(c4ccc(O)cc4)CC3)c([N+](=O)[O-])c2)CC1. The molecule has 2 aliphatic rings. The maximum absolute atomic E-state index is 13.0. The van der Waals surface area contributed by atoms with Gasteiger partial charge in [-0.15, -0.1) is 0 Å². The number of rotatable bonds is 5. The molecule has 1 N–H and O–H groups in total. The third-order valence-corrected chi connectivity index (χ3v) is 8.25. The standard InChI is InChI=1S/C22H28N4O5S/c1-17-8-10-25(11-9-17)32(30,31)20-6-7-21(22(16-20)26(28)29)24-14-12-23(13-15-24)18-2-4-19(27)5-3-18/h2-7,16-17,27H,8-15H2,1H3. The van der Waals surface area contributed by atoms with Gasteiger partial charge in [-0.1, -0.05) is 6.92 Å². The minimum atomic E-state index is -3.76. The Labute approximate surface area is 188 Å². The Hall–Kier alpha value is -2.85. The molecule has 2 heterocycles. The third kappa shape index (κ3) is 4.51. The predicted octanol–water partition coefficient (Wildman–Crippen LogP) is 3.05. The van der Waals surface area contributed by atoms with Crippen LogP contribution in [0.4, 0.5) is 17.1 Å². The molecule has 0 bridgehead atoms. The zero-order chi connectivity index (χ0) is 22.9. The van der Waals surface area contributed by atoms with Crippen LogP contribution in [0, 0.1) is 16.0 Å². The molecule has 2 aromatic rings. The summed E-state index contributed by atoms with van der Waals surface area (Å²) in [6.45, 7) is 5.44.